The molecule has 0 spiro atoms. The molecule has 2 fully saturated rings. The monoisotopic (exact) mass is 219 g/mol. The van der Waals surface area contributed by atoms with Crippen LogP contribution in [0, 0.1) is 0 Å². The summed E-state index contributed by atoms with van der Waals surface area (Å²) in [5.41, 5.74) is 1.51. The number of benzene rings is 1. The number of hydrogen-bond acceptors (Lipinski definition) is 2. The van der Waals surface area contributed by atoms with Crippen molar-refractivity contribution in [3.8, 4) is 0 Å². The number of thioether (sulfide) groups is 1. The quantitative estimate of drug-likeness (QED) is 0.838. The summed E-state index contributed by atoms with van der Waals surface area (Å²) in [5.74, 6) is 3.45. The predicted molar refractivity (Wildman–Crippen MR) is 66.5 cm³/mol. The maximum absolute atomic E-state index is 3.78. The molecule has 0 aromatic heterocycles. The third-order valence-electron chi connectivity index (χ3n) is 3.40. The Morgan fingerprint density at radius 3 is 2.80 bits per heavy atom. The molecule has 2 aliphatic rings. The van der Waals surface area contributed by atoms with Crippen molar-refractivity contribution in [2.24, 2.45) is 0 Å². The summed E-state index contributed by atoms with van der Waals surface area (Å²) in [4.78, 5) is 0. The largest absolute Gasteiger partial charge is 0.310 e. The van der Waals surface area contributed by atoms with Crippen LogP contribution in [-0.2, 0) is 0 Å². The van der Waals surface area contributed by atoms with Crippen LogP contribution >= 0.6 is 11.8 Å². The minimum Gasteiger partial charge on any atom is -0.310 e. The third kappa shape index (κ3) is 2.21. The second-order valence-electron chi connectivity index (χ2n) is 4.59. The molecular formula is C13H17NS. The van der Waals surface area contributed by atoms with Gasteiger partial charge in [0.25, 0.3) is 0 Å². The van der Waals surface area contributed by atoms with Gasteiger partial charge >= 0.3 is 0 Å². The van der Waals surface area contributed by atoms with Gasteiger partial charge in [-0.1, -0.05) is 30.3 Å². The summed E-state index contributed by atoms with van der Waals surface area (Å²) < 4.78 is 0. The zero-order chi connectivity index (χ0) is 10.1. The predicted octanol–water partition coefficient (Wildman–Crippen LogP) is 2.64. The van der Waals surface area contributed by atoms with Crippen molar-refractivity contribution in [2.45, 2.75) is 30.8 Å². The van der Waals surface area contributed by atoms with Crippen molar-refractivity contribution in [2.75, 3.05) is 11.5 Å². The van der Waals surface area contributed by atoms with Gasteiger partial charge in [0, 0.05) is 23.8 Å². The van der Waals surface area contributed by atoms with Gasteiger partial charge in [0.1, 0.15) is 0 Å². The van der Waals surface area contributed by atoms with Crippen LogP contribution in [0.1, 0.15) is 24.3 Å². The minimum atomic E-state index is 0.760. The first-order valence-corrected chi connectivity index (χ1v) is 6.98. The zero-order valence-electron chi connectivity index (χ0n) is 8.86. The van der Waals surface area contributed by atoms with Crippen molar-refractivity contribution in [3.63, 3.8) is 0 Å². The van der Waals surface area contributed by atoms with E-state index < -0.39 is 0 Å². The van der Waals surface area contributed by atoms with Crippen molar-refractivity contribution >= 4 is 11.8 Å². The molecule has 80 valence electrons. The molecule has 0 radical (unpaired) electrons. The average molecular weight is 219 g/mol. The molecule has 1 nitrogen and oxygen atoms in total. The Morgan fingerprint density at radius 1 is 1.20 bits per heavy atom. The molecule has 0 amide bonds. The van der Waals surface area contributed by atoms with Gasteiger partial charge < -0.3 is 5.32 Å². The molecule has 1 aromatic rings. The molecule has 1 aliphatic carbocycles. The van der Waals surface area contributed by atoms with Gasteiger partial charge in [-0.25, -0.2) is 0 Å². The Kier molecular flexibility index (Phi) is 2.72. The molecule has 0 bridgehead atoms. The second kappa shape index (κ2) is 4.18. The van der Waals surface area contributed by atoms with E-state index in [0.29, 0.717) is 0 Å². The SMILES string of the molecule is c1ccc(C2CC2NC2CCSC2)cc1. The number of rotatable bonds is 3. The molecule has 2 heteroatoms. The van der Waals surface area contributed by atoms with Crippen molar-refractivity contribution < 1.29 is 0 Å². The maximum Gasteiger partial charge on any atom is 0.0168 e. The Hall–Kier alpha value is -0.470. The maximum atomic E-state index is 3.78. The van der Waals surface area contributed by atoms with Gasteiger partial charge in [0.05, 0.1) is 0 Å². The average Bonchev–Trinajstić information content (AvgIpc) is 2.84. The molecule has 1 saturated heterocycles. The van der Waals surface area contributed by atoms with Gasteiger partial charge in [-0.3, -0.25) is 0 Å². The van der Waals surface area contributed by atoms with Gasteiger partial charge in [-0.05, 0) is 24.2 Å². The van der Waals surface area contributed by atoms with Crippen LogP contribution in [0.15, 0.2) is 30.3 Å². The first kappa shape index (κ1) is 9.73. The highest BCUT2D eigenvalue weighted by atomic mass is 32.2. The lowest BCUT2D eigenvalue weighted by atomic mass is 10.1. The molecular weight excluding hydrogens is 202 g/mol. The fourth-order valence-electron chi connectivity index (χ4n) is 2.42. The van der Waals surface area contributed by atoms with Crippen LogP contribution in [0.25, 0.3) is 0 Å². The van der Waals surface area contributed by atoms with Crippen LogP contribution < -0.4 is 5.32 Å². The fraction of sp³-hybridized carbons (Fsp3) is 0.538. The Morgan fingerprint density at radius 2 is 2.07 bits per heavy atom. The summed E-state index contributed by atoms with van der Waals surface area (Å²) >= 11 is 2.09. The Labute approximate surface area is 95.6 Å². The standard InChI is InChI=1S/C13H17NS/c1-2-4-10(5-3-1)12-8-13(12)14-11-6-7-15-9-11/h1-5,11-14H,6-9H2. The first-order valence-electron chi connectivity index (χ1n) is 5.82. The molecule has 1 saturated carbocycles. The van der Waals surface area contributed by atoms with Crippen LogP contribution in [0.5, 0.6) is 0 Å². The normalized spacial score (nSPS) is 34.3. The topological polar surface area (TPSA) is 12.0 Å². The first-order chi connectivity index (χ1) is 7.43. The number of hydrogen-bond donors (Lipinski definition) is 1. The Bertz CT molecular complexity index is 319. The van der Waals surface area contributed by atoms with E-state index in [4.69, 9.17) is 0 Å². The van der Waals surface area contributed by atoms with Gasteiger partial charge in [-0.15, -0.1) is 0 Å². The molecule has 15 heavy (non-hydrogen) atoms. The van der Waals surface area contributed by atoms with E-state index in [2.05, 4.69) is 47.4 Å². The van der Waals surface area contributed by atoms with Gasteiger partial charge in [0.15, 0.2) is 0 Å². The summed E-state index contributed by atoms with van der Waals surface area (Å²) in [6.45, 7) is 0. The molecule has 1 aromatic carbocycles. The molecule has 3 rings (SSSR count). The fourth-order valence-corrected chi connectivity index (χ4v) is 3.58. The summed E-state index contributed by atoms with van der Waals surface area (Å²) in [7, 11) is 0. The second-order valence-corrected chi connectivity index (χ2v) is 5.74. The Balaban J connectivity index is 1.55. The number of nitrogens with one attached hydrogen (secondary N) is 1. The van der Waals surface area contributed by atoms with E-state index in [1.54, 1.807) is 0 Å². The molecule has 1 N–H and O–H groups in total. The highest BCUT2D eigenvalue weighted by Crippen LogP contribution is 2.41. The summed E-state index contributed by atoms with van der Waals surface area (Å²) in [6.07, 6.45) is 2.70. The smallest absolute Gasteiger partial charge is 0.0168 e. The van der Waals surface area contributed by atoms with Crippen LogP contribution in [0.4, 0.5) is 0 Å². The lowest BCUT2D eigenvalue weighted by Gasteiger charge is -2.10. The van der Waals surface area contributed by atoms with Crippen LogP contribution in [0.2, 0.25) is 0 Å². The lowest BCUT2D eigenvalue weighted by Crippen LogP contribution is -2.31. The van der Waals surface area contributed by atoms with E-state index >= 15 is 0 Å². The molecule has 3 unspecified atom stereocenters. The van der Waals surface area contributed by atoms with Gasteiger partial charge in [-0.2, -0.15) is 11.8 Å². The van der Waals surface area contributed by atoms with E-state index in [0.717, 1.165) is 18.0 Å². The molecule has 1 heterocycles. The molecule has 1 aliphatic heterocycles. The zero-order valence-corrected chi connectivity index (χ0v) is 9.67. The van der Waals surface area contributed by atoms with Crippen LogP contribution in [-0.4, -0.2) is 23.6 Å². The van der Waals surface area contributed by atoms with Crippen LogP contribution in [0.3, 0.4) is 0 Å². The highest BCUT2D eigenvalue weighted by molar-refractivity contribution is 7.99. The highest BCUT2D eigenvalue weighted by Gasteiger charge is 2.39. The van der Waals surface area contributed by atoms with Gasteiger partial charge in [0.2, 0.25) is 0 Å². The third-order valence-corrected chi connectivity index (χ3v) is 4.56. The molecule has 3 atom stereocenters. The van der Waals surface area contributed by atoms with E-state index in [1.807, 2.05) is 0 Å². The summed E-state index contributed by atoms with van der Waals surface area (Å²) in [6, 6.07) is 12.5. The lowest BCUT2D eigenvalue weighted by molar-refractivity contribution is 0.547. The van der Waals surface area contributed by atoms with E-state index in [-0.39, 0.29) is 0 Å². The van der Waals surface area contributed by atoms with Crippen molar-refractivity contribution in [3.05, 3.63) is 35.9 Å². The summed E-state index contributed by atoms with van der Waals surface area (Å²) in [5, 5.41) is 3.78. The van der Waals surface area contributed by atoms with E-state index in [9.17, 15) is 0 Å². The van der Waals surface area contributed by atoms with E-state index in [1.165, 1.54) is 29.9 Å². The minimum absolute atomic E-state index is 0.760. The van der Waals surface area contributed by atoms with Crippen molar-refractivity contribution in [1.82, 2.24) is 5.32 Å². The van der Waals surface area contributed by atoms with Crippen molar-refractivity contribution in [1.29, 1.82) is 0 Å².